The van der Waals surface area contributed by atoms with Crippen molar-refractivity contribution in [3.63, 3.8) is 0 Å². The number of carbonyl (C=O) groups excluding carboxylic acids is 1. The fourth-order valence-electron chi connectivity index (χ4n) is 2.56. The molecule has 0 N–H and O–H groups in total. The maximum atomic E-state index is 12.3. The molecule has 0 spiro atoms. The molecule has 0 saturated heterocycles. The number of anilines is 1. The Hall–Kier alpha value is -1.31. The van der Waals surface area contributed by atoms with Crippen LogP contribution in [-0.2, 0) is 4.79 Å². The Morgan fingerprint density at radius 2 is 1.71 bits per heavy atom. The zero-order chi connectivity index (χ0) is 12.3. The van der Waals surface area contributed by atoms with E-state index in [0.29, 0.717) is 0 Å². The second-order valence-corrected chi connectivity index (χ2v) is 5.19. The summed E-state index contributed by atoms with van der Waals surface area (Å²) in [7, 11) is 1.88. The van der Waals surface area contributed by atoms with Crippen LogP contribution in [0.15, 0.2) is 30.3 Å². The van der Waals surface area contributed by atoms with Crippen LogP contribution in [0.4, 0.5) is 5.69 Å². The van der Waals surface area contributed by atoms with E-state index < -0.39 is 0 Å². The quantitative estimate of drug-likeness (QED) is 0.763. The Kier molecular flexibility index (Phi) is 3.82. The van der Waals surface area contributed by atoms with Crippen LogP contribution in [0.5, 0.6) is 0 Å². The molecule has 0 unspecified atom stereocenters. The fraction of sp³-hybridized carbons (Fsp3) is 0.533. The number of rotatable bonds is 2. The minimum Gasteiger partial charge on any atom is -0.315 e. The molecule has 1 aromatic rings. The van der Waals surface area contributed by atoms with Crippen molar-refractivity contribution >= 4 is 11.6 Å². The van der Waals surface area contributed by atoms with Crippen molar-refractivity contribution < 1.29 is 4.79 Å². The van der Waals surface area contributed by atoms with Crippen LogP contribution in [0.1, 0.15) is 32.6 Å². The summed E-state index contributed by atoms with van der Waals surface area (Å²) in [5, 5.41) is 0. The molecule has 1 amide bonds. The standard InChI is InChI=1S/C15H21NO/c1-12-8-10-13(11-9-12)15(17)16(2)14-6-4-3-5-7-14/h3-7,12-13H,8-11H2,1-2H3. The Morgan fingerprint density at radius 3 is 2.29 bits per heavy atom. The van der Waals surface area contributed by atoms with Crippen molar-refractivity contribution in [1.29, 1.82) is 0 Å². The van der Waals surface area contributed by atoms with Crippen LogP contribution in [0.2, 0.25) is 0 Å². The van der Waals surface area contributed by atoms with Crippen LogP contribution in [-0.4, -0.2) is 13.0 Å². The summed E-state index contributed by atoms with van der Waals surface area (Å²) >= 11 is 0. The van der Waals surface area contributed by atoms with Crippen molar-refractivity contribution in [2.75, 3.05) is 11.9 Å². The Bertz CT molecular complexity index is 366. The summed E-state index contributed by atoms with van der Waals surface area (Å²) in [6.45, 7) is 2.28. The number of para-hydroxylation sites is 1. The molecule has 1 aliphatic rings. The zero-order valence-electron chi connectivity index (χ0n) is 10.7. The van der Waals surface area contributed by atoms with Crippen molar-refractivity contribution in [3.05, 3.63) is 30.3 Å². The highest BCUT2D eigenvalue weighted by atomic mass is 16.2. The van der Waals surface area contributed by atoms with E-state index in [2.05, 4.69) is 6.92 Å². The lowest BCUT2D eigenvalue weighted by molar-refractivity contribution is -0.123. The van der Waals surface area contributed by atoms with Gasteiger partial charge in [-0.25, -0.2) is 0 Å². The minimum atomic E-state index is 0.233. The molecule has 1 saturated carbocycles. The molecule has 0 atom stereocenters. The van der Waals surface area contributed by atoms with E-state index >= 15 is 0 Å². The molecule has 1 aromatic carbocycles. The second-order valence-electron chi connectivity index (χ2n) is 5.19. The van der Waals surface area contributed by atoms with E-state index in [1.165, 1.54) is 12.8 Å². The molecule has 92 valence electrons. The van der Waals surface area contributed by atoms with Gasteiger partial charge in [-0.2, -0.15) is 0 Å². The highest BCUT2D eigenvalue weighted by Gasteiger charge is 2.26. The molecule has 0 bridgehead atoms. The summed E-state index contributed by atoms with van der Waals surface area (Å²) in [4.78, 5) is 14.1. The summed E-state index contributed by atoms with van der Waals surface area (Å²) in [5.41, 5.74) is 0.996. The predicted molar refractivity (Wildman–Crippen MR) is 71.0 cm³/mol. The largest absolute Gasteiger partial charge is 0.315 e. The van der Waals surface area contributed by atoms with Gasteiger partial charge in [0.05, 0.1) is 0 Å². The molecule has 1 aliphatic carbocycles. The molecule has 0 aliphatic heterocycles. The van der Waals surface area contributed by atoms with Gasteiger partial charge in [0, 0.05) is 18.7 Å². The first-order chi connectivity index (χ1) is 8.18. The molecule has 2 heteroatoms. The number of carbonyl (C=O) groups is 1. The van der Waals surface area contributed by atoms with Gasteiger partial charge in [0.15, 0.2) is 0 Å². The second kappa shape index (κ2) is 5.35. The number of amides is 1. The van der Waals surface area contributed by atoms with E-state index in [9.17, 15) is 4.79 Å². The third-order valence-corrected chi connectivity index (χ3v) is 3.84. The van der Waals surface area contributed by atoms with Gasteiger partial charge in [-0.15, -0.1) is 0 Å². The molecular weight excluding hydrogens is 210 g/mol. The highest BCUT2D eigenvalue weighted by Crippen LogP contribution is 2.30. The molecular formula is C15H21NO. The maximum absolute atomic E-state index is 12.3. The lowest BCUT2D eigenvalue weighted by atomic mass is 9.82. The van der Waals surface area contributed by atoms with Gasteiger partial charge in [0.25, 0.3) is 0 Å². The summed E-state index contributed by atoms with van der Waals surface area (Å²) < 4.78 is 0. The maximum Gasteiger partial charge on any atom is 0.229 e. The average Bonchev–Trinajstić information content (AvgIpc) is 2.39. The van der Waals surface area contributed by atoms with E-state index in [-0.39, 0.29) is 11.8 Å². The smallest absolute Gasteiger partial charge is 0.229 e. The normalized spacial score (nSPS) is 24.4. The first-order valence-electron chi connectivity index (χ1n) is 6.51. The van der Waals surface area contributed by atoms with Gasteiger partial charge in [0.2, 0.25) is 5.91 Å². The van der Waals surface area contributed by atoms with Crippen LogP contribution in [0, 0.1) is 11.8 Å². The van der Waals surface area contributed by atoms with Crippen LogP contribution >= 0.6 is 0 Å². The summed E-state index contributed by atoms with van der Waals surface area (Å²) in [5.74, 6) is 1.31. The Morgan fingerprint density at radius 1 is 1.12 bits per heavy atom. The SMILES string of the molecule is CC1CCC(C(=O)N(C)c2ccccc2)CC1. The molecule has 0 heterocycles. The van der Waals surface area contributed by atoms with Crippen LogP contribution < -0.4 is 4.90 Å². The number of hydrogen-bond acceptors (Lipinski definition) is 1. The lowest BCUT2D eigenvalue weighted by Crippen LogP contribution is -2.34. The lowest BCUT2D eigenvalue weighted by Gasteiger charge is -2.29. The first-order valence-corrected chi connectivity index (χ1v) is 6.51. The van der Waals surface area contributed by atoms with E-state index in [0.717, 1.165) is 24.4 Å². The summed E-state index contributed by atoms with van der Waals surface area (Å²) in [6.07, 6.45) is 4.49. The molecule has 0 radical (unpaired) electrons. The highest BCUT2D eigenvalue weighted by molar-refractivity contribution is 5.94. The number of hydrogen-bond donors (Lipinski definition) is 0. The molecule has 2 rings (SSSR count). The Labute approximate surface area is 104 Å². The number of benzene rings is 1. The van der Waals surface area contributed by atoms with Crippen molar-refractivity contribution in [3.8, 4) is 0 Å². The average molecular weight is 231 g/mol. The topological polar surface area (TPSA) is 20.3 Å². The van der Waals surface area contributed by atoms with E-state index in [1.807, 2.05) is 37.4 Å². The van der Waals surface area contributed by atoms with Gasteiger partial charge in [0.1, 0.15) is 0 Å². The van der Waals surface area contributed by atoms with E-state index in [4.69, 9.17) is 0 Å². The Balaban J connectivity index is 2.00. The predicted octanol–water partition coefficient (Wildman–Crippen LogP) is 3.48. The molecule has 1 fully saturated rings. The number of nitrogens with zero attached hydrogens (tertiary/aromatic N) is 1. The molecule has 17 heavy (non-hydrogen) atoms. The minimum absolute atomic E-state index is 0.233. The van der Waals surface area contributed by atoms with Gasteiger partial charge >= 0.3 is 0 Å². The third kappa shape index (κ3) is 2.87. The molecule has 2 nitrogen and oxygen atoms in total. The fourth-order valence-corrected chi connectivity index (χ4v) is 2.56. The van der Waals surface area contributed by atoms with Gasteiger partial charge in [-0.05, 0) is 43.7 Å². The van der Waals surface area contributed by atoms with Crippen LogP contribution in [0.25, 0.3) is 0 Å². The van der Waals surface area contributed by atoms with Gasteiger partial charge in [-0.3, -0.25) is 4.79 Å². The van der Waals surface area contributed by atoms with Crippen molar-refractivity contribution in [2.45, 2.75) is 32.6 Å². The first kappa shape index (κ1) is 12.2. The zero-order valence-corrected chi connectivity index (χ0v) is 10.7. The van der Waals surface area contributed by atoms with Crippen molar-refractivity contribution in [1.82, 2.24) is 0 Å². The van der Waals surface area contributed by atoms with Gasteiger partial charge < -0.3 is 4.90 Å². The molecule has 0 aromatic heterocycles. The van der Waals surface area contributed by atoms with Crippen LogP contribution in [0.3, 0.4) is 0 Å². The van der Waals surface area contributed by atoms with Crippen molar-refractivity contribution in [2.24, 2.45) is 11.8 Å². The monoisotopic (exact) mass is 231 g/mol. The summed E-state index contributed by atoms with van der Waals surface area (Å²) in [6, 6.07) is 9.90. The van der Waals surface area contributed by atoms with E-state index in [1.54, 1.807) is 4.90 Å². The van der Waals surface area contributed by atoms with Gasteiger partial charge in [-0.1, -0.05) is 25.1 Å². The third-order valence-electron chi connectivity index (χ3n) is 3.84.